The van der Waals surface area contributed by atoms with Crippen molar-refractivity contribution in [2.45, 2.75) is 11.5 Å². The first-order chi connectivity index (χ1) is 10.9. The monoisotopic (exact) mass is 341 g/mol. The molecule has 0 unspecified atom stereocenters. The molecule has 0 fully saturated rings. The zero-order valence-corrected chi connectivity index (χ0v) is 12.6. The highest BCUT2D eigenvalue weighted by Gasteiger charge is 2.18. The molecule has 0 aliphatic heterocycles. The number of ether oxygens (including phenoxy) is 1. The van der Waals surface area contributed by atoms with E-state index in [-0.39, 0.29) is 6.61 Å². The lowest BCUT2D eigenvalue weighted by Crippen LogP contribution is -2.30. The fourth-order valence-corrected chi connectivity index (χ4v) is 2.65. The fraction of sp³-hybridized carbons (Fsp3) is 0.133. The van der Waals surface area contributed by atoms with Gasteiger partial charge >= 0.3 is 5.97 Å². The largest absolute Gasteiger partial charge is 0.460 e. The van der Waals surface area contributed by atoms with E-state index in [1.165, 1.54) is 0 Å². The van der Waals surface area contributed by atoms with E-state index < -0.39 is 39.1 Å². The summed E-state index contributed by atoms with van der Waals surface area (Å²) in [5, 5.41) is 0. The predicted molar refractivity (Wildman–Crippen MR) is 77.8 cm³/mol. The van der Waals surface area contributed by atoms with Crippen molar-refractivity contribution in [3.05, 3.63) is 65.7 Å². The maximum Gasteiger partial charge on any atom is 0.321 e. The van der Waals surface area contributed by atoms with Crippen LogP contribution in [0.15, 0.2) is 53.4 Å². The van der Waals surface area contributed by atoms with Crippen molar-refractivity contribution >= 4 is 16.0 Å². The maximum atomic E-state index is 13.1. The van der Waals surface area contributed by atoms with Crippen LogP contribution in [0.25, 0.3) is 0 Å². The van der Waals surface area contributed by atoms with Gasteiger partial charge in [-0.05, 0) is 23.8 Å². The lowest BCUT2D eigenvalue weighted by atomic mass is 10.2. The third kappa shape index (κ3) is 4.83. The van der Waals surface area contributed by atoms with Crippen molar-refractivity contribution in [3.8, 4) is 0 Å². The Balaban J connectivity index is 1.91. The Morgan fingerprint density at radius 1 is 1.04 bits per heavy atom. The third-order valence-corrected chi connectivity index (χ3v) is 4.25. The molecule has 1 N–H and O–H groups in total. The van der Waals surface area contributed by atoms with Crippen molar-refractivity contribution in [2.24, 2.45) is 0 Å². The summed E-state index contributed by atoms with van der Waals surface area (Å²) >= 11 is 0. The first-order valence-electron chi connectivity index (χ1n) is 6.53. The Morgan fingerprint density at radius 3 is 2.39 bits per heavy atom. The van der Waals surface area contributed by atoms with Gasteiger partial charge in [0, 0.05) is 0 Å². The van der Waals surface area contributed by atoms with Gasteiger partial charge in [0.15, 0.2) is 11.6 Å². The Bertz CT molecular complexity index is 794. The second-order valence-electron chi connectivity index (χ2n) is 4.55. The topological polar surface area (TPSA) is 72.5 Å². The normalized spacial score (nSPS) is 11.2. The number of rotatable bonds is 6. The highest BCUT2D eigenvalue weighted by Crippen LogP contribution is 2.13. The molecule has 5 nitrogen and oxygen atoms in total. The Kier molecular flexibility index (Phi) is 5.41. The number of esters is 1. The summed E-state index contributed by atoms with van der Waals surface area (Å²) in [5.74, 6) is -3.24. The zero-order chi connectivity index (χ0) is 16.9. The number of hydrogen-bond acceptors (Lipinski definition) is 4. The van der Waals surface area contributed by atoms with Crippen LogP contribution in [-0.2, 0) is 26.2 Å². The van der Waals surface area contributed by atoms with Crippen LogP contribution in [0.4, 0.5) is 8.78 Å². The van der Waals surface area contributed by atoms with Gasteiger partial charge in [-0.2, -0.15) is 4.72 Å². The molecule has 122 valence electrons. The molecule has 0 radical (unpaired) electrons. The molecule has 8 heteroatoms. The molecular weight excluding hydrogens is 328 g/mol. The number of nitrogens with one attached hydrogen (secondary N) is 1. The molecule has 0 saturated carbocycles. The molecule has 0 spiro atoms. The van der Waals surface area contributed by atoms with Gasteiger partial charge in [-0.1, -0.05) is 30.3 Å². The van der Waals surface area contributed by atoms with E-state index in [2.05, 4.69) is 0 Å². The quantitative estimate of drug-likeness (QED) is 0.816. The van der Waals surface area contributed by atoms with Gasteiger partial charge in [-0.15, -0.1) is 0 Å². The molecule has 0 atom stereocenters. The number of carbonyl (C=O) groups is 1. The summed E-state index contributed by atoms with van der Waals surface area (Å²) in [6, 6.07) is 11.0. The molecule has 0 heterocycles. The Hall–Kier alpha value is -2.32. The van der Waals surface area contributed by atoms with Gasteiger partial charge in [0.25, 0.3) is 0 Å². The number of carbonyl (C=O) groups excluding carboxylic acids is 1. The van der Waals surface area contributed by atoms with Crippen molar-refractivity contribution in [1.29, 1.82) is 0 Å². The van der Waals surface area contributed by atoms with Crippen LogP contribution in [0.5, 0.6) is 0 Å². The molecular formula is C15H13F2NO4S. The van der Waals surface area contributed by atoms with Gasteiger partial charge in [-0.25, -0.2) is 17.2 Å². The minimum Gasteiger partial charge on any atom is -0.460 e. The molecule has 0 bridgehead atoms. The van der Waals surface area contributed by atoms with Crippen LogP contribution in [0.1, 0.15) is 5.56 Å². The van der Waals surface area contributed by atoms with Crippen LogP contribution >= 0.6 is 0 Å². The fourth-order valence-electron chi connectivity index (χ4n) is 1.67. The zero-order valence-electron chi connectivity index (χ0n) is 11.8. The molecule has 0 saturated heterocycles. The number of halogens is 2. The first kappa shape index (κ1) is 17.0. The van der Waals surface area contributed by atoms with E-state index in [9.17, 15) is 22.0 Å². The third-order valence-electron chi connectivity index (χ3n) is 2.85. The molecule has 0 aromatic heterocycles. The highest BCUT2D eigenvalue weighted by molar-refractivity contribution is 7.89. The second-order valence-corrected chi connectivity index (χ2v) is 6.31. The molecule has 2 aromatic rings. The van der Waals surface area contributed by atoms with Crippen LogP contribution < -0.4 is 4.72 Å². The van der Waals surface area contributed by atoms with Crippen LogP contribution in [0.2, 0.25) is 0 Å². The van der Waals surface area contributed by atoms with Crippen molar-refractivity contribution < 1.29 is 26.7 Å². The Labute approximate surface area is 132 Å². The summed E-state index contributed by atoms with van der Waals surface area (Å²) in [6.45, 7) is -0.610. The standard InChI is InChI=1S/C15H13F2NO4S/c16-13-7-6-12(8-14(13)17)23(20,21)18-9-15(19)22-10-11-4-2-1-3-5-11/h1-8,18H,9-10H2. The van der Waals surface area contributed by atoms with Crippen LogP contribution in [-0.4, -0.2) is 20.9 Å². The minimum absolute atomic E-state index is 0.00653. The molecule has 2 rings (SSSR count). The van der Waals surface area contributed by atoms with Crippen molar-refractivity contribution in [2.75, 3.05) is 6.54 Å². The summed E-state index contributed by atoms with van der Waals surface area (Å²) in [4.78, 5) is 11.1. The molecule has 0 aliphatic rings. The van der Waals surface area contributed by atoms with E-state index in [1.807, 2.05) is 4.72 Å². The predicted octanol–water partition coefficient (Wildman–Crippen LogP) is 1.99. The smallest absolute Gasteiger partial charge is 0.321 e. The van der Waals surface area contributed by atoms with Gasteiger partial charge in [0.2, 0.25) is 10.0 Å². The minimum atomic E-state index is -4.14. The van der Waals surface area contributed by atoms with E-state index in [1.54, 1.807) is 30.3 Å². The molecule has 2 aromatic carbocycles. The number of benzene rings is 2. The average Bonchev–Trinajstić information content (AvgIpc) is 2.54. The maximum absolute atomic E-state index is 13.1. The lowest BCUT2D eigenvalue weighted by molar-refractivity contribution is -0.143. The van der Waals surface area contributed by atoms with Crippen LogP contribution in [0, 0.1) is 11.6 Å². The summed E-state index contributed by atoms with van der Waals surface area (Å²) in [5.41, 5.74) is 0.754. The van der Waals surface area contributed by atoms with Gasteiger partial charge in [0.05, 0.1) is 4.90 Å². The van der Waals surface area contributed by atoms with Crippen molar-refractivity contribution in [1.82, 2.24) is 4.72 Å². The van der Waals surface area contributed by atoms with Gasteiger partial charge in [-0.3, -0.25) is 4.79 Å². The number of sulfonamides is 1. The first-order valence-corrected chi connectivity index (χ1v) is 8.01. The molecule has 23 heavy (non-hydrogen) atoms. The van der Waals surface area contributed by atoms with E-state index >= 15 is 0 Å². The summed E-state index contributed by atoms with van der Waals surface area (Å²) in [6.07, 6.45) is 0. The average molecular weight is 341 g/mol. The van der Waals surface area contributed by atoms with Crippen molar-refractivity contribution in [3.63, 3.8) is 0 Å². The van der Waals surface area contributed by atoms with E-state index in [0.717, 1.165) is 11.6 Å². The summed E-state index contributed by atoms with van der Waals surface area (Å²) < 4.78 is 56.5. The van der Waals surface area contributed by atoms with E-state index in [0.29, 0.717) is 12.1 Å². The van der Waals surface area contributed by atoms with E-state index in [4.69, 9.17) is 4.74 Å². The van der Waals surface area contributed by atoms with Crippen LogP contribution in [0.3, 0.4) is 0 Å². The lowest BCUT2D eigenvalue weighted by Gasteiger charge is -2.08. The highest BCUT2D eigenvalue weighted by atomic mass is 32.2. The SMILES string of the molecule is O=C(CNS(=O)(=O)c1ccc(F)c(F)c1)OCc1ccccc1. The van der Waals surface area contributed by atoms with Gasteiger partial charge < -0.3 is 4.74 Å². The molecule has 0 amide bonds. The second kappa shape index (κ2) is 7.30. The summed E-state index contributed by atoms with van der Waals surface area (Å²) in [7, 11) is -4.14. The Morgan fingerprint density at radius 2 is 1.74 bits per heavy atom. The van der Waals surface area contributed by atoms with Gasteiger partial charge in [0.1, 0.15) is 13.2 Å². The molecule has 0 aliphatic carbocycles. The number of hydrogen-bond donors (Lipinski definition) is 1.